The van der Waals surface area contributed by atoms with E-state index in [1.54, 1.807) is 6.92 Å². The first-order valence-corrected chi connectivity index (χ1v) is 10.4. The van der Waals surface area contributed by atoms with Crippen LogP contribution in [-0.4, -0.2) is 31.2 Å². The van der Waals surface area contributed by atoms with Gasteiger partial charge in [-0.05, 0) is 55.0 Å². The van der Waals surface area contributed by atoms with E-state index in [0.717, 1.165) is 31.4 Å². The van der Waals surface area contributed by atoms with Crippen molar-refractivity contribution in [3.8, 4) is 22.8 Å². The van der Waals surface area contributed by atoms with Crippen LogP contribution in [0.5, 0.6) is 11.5 Å². The molecule has 0 N–H and O–H groups in total. The maximum absolute atomic E-state index is 14.5. The van der Waals surface area contributed by atoms with Crippen LogP contribution in [0.2, 0.25) is 0 Å². The molecule has 0 unspecified atom stereocenters. The van der Waals surface area contributed by atoms with E-state index in [1.165, 1.54) is 24.3 Å². The van der Waals surface area contributed by atoms with Crippen LogP contribution in [0.3, 0.4) is 0 Å². The SMILES string of the molecule is CCOCc1c(COc2ccc(/C=C(\F)C(=O)OC)cc2F)noc1-c1ccc(OC(F)(F)F)cc1. The van der Waals surface area contributed by atoms with Crippen molar-refractivity contribution in [1.82, 2.24) is 5.16 Å². The smallest absolute Gasteiger partial charge is 0.484 e. The predicted octanol–water partition coefficient (Wildman–Crippen LogP) is 5.98. The number of nitrogens with zero attached hydrogens (tertiary/aromatic N) is 1. The zero-order valence-corrected chi connectivity index (χ0v) is 19.0. The normalized spacial score (nSPS) is 11.9. The van der Waals surface area contributed by atoms with Gasteiger partial charge in [-0.15, -0.1) is 13.2 Å². The number of alkyl halides is 3. The van der Waals surface area contributed by atoms with Gasteiger partial charge < -0.3 is 23.5 Å². The minimum atomic E-state index is -4.82. The number of ether oxygens (including phenoxy) is 4. The fourth-order valence-corrected chi connectivity index (χ4v) is 3.02. The summed E-state index contributed by atoms with van der Waals surface area (Å²) in [6, 6.07) is 8.52. The average molecular weight is 513 g/mol. The molecule has 0 fully saturated rings. The number of carbonyl (C=O) groups excluding carboxylic acids is 1. The number of benzene rings is 2. The Morgan fingerprint density at radius 2 is 1.83 bits per heavy atom. The zero-order chi connectivity index (χ0) is 26.3. The predicted molar refractivity (Wildman–Crippen MR) is 116 cm³/mol. The van der Waals surface area contributed by atoms with E-state index in [9.17, 15) is 26.7 Å². The average Bonchev–Trinajstić information content (AvgIpc) is 3.23. The molecule has 0 radical (unpaired) electrons. The molecular formula is C24H20F5NO6. The van der Waals surface area contributed by atoms with Crippen molar-refractivity contribution in [3.05, 3.63) is 70.9 Å². The Labute approximate surface area is 202 Å². The Hall–Kier alpha value is -3.93. The molecule has 0 bridgehead atoms. The molecule has 2 aromatic carbocycles. The zero-order valence-electron chi connectivity index (χ0n) is 19.0. The monoisotopic (exact) mass is 513 g/mol. The van der Waals surface area contributed by atoms with Crippen LogP contribution in [0, 0.1) is 5.82 Å². The van der Waals surface area contributed by atoms with E-state index in [2.05, 4.69) is 14.6 Å². The second kappa shape index (κ2) is 11.7. The van der Waals surface area contributed by atoms with Crippen LogP contribution < -0.4 is 9.47 Å². The first kappa shape index (κ1) is 26.7. The number of aromatic nitrogens is 1. The van der Waals surface area contributed by atoms with Crippen molar-refractivity contribution in [2.45, 2.75) is 26.5 Å². The van der Waals surface area contributed by atoms with Crippen LogP contribution in [0.25, 0.3) is 17.4 Å². The van der Waals surface area contributed by atoms with E-state index in [0.29, 0.717) is 17.7 Å². The number of halogens is 5. The lowest BCUT2D eigenvalue weighted by atomic mass is 10.1. The minimum Gasteiger partial charge on any atom is -0.484 e. The summed E-state index contributed by atoms with van der Waals surface area (Å²) < 4.78 is 89.7. The number of hydrogen-bond donors (Lipinski definition) is 0. The van der Waals surface area contributed by atoms with Gasteiger partial charge in [0.2, 0.25) is 5.83 Å². The largest absolute Gasteiger partial charge is 0.573 e. The second-order valence-corrected chi connectivity index (χ2v) is 7.11. The summed E-state index contributed by atoms with van der Waals surface area (Å²) >= 11 is 0. The fraction of sp³-hybridized carbons (Fsp3) is 0.250. The number of carbonyl (C=O) groups is 1. The molecule has 1 aromatic heterocycles. The molecule has 0 spiro atoms. The molecule has 0 aliphatic rings. The molecule has 0 aliphatic heterocycles. The van der Waals surface area contributed by atoms with Gasteiger partial charge in [0.15, 0.2) is 17.3 Å². The van der Waals surface area contributed by atoms with E-state index in [-0.39, 0.29) is 36.0 Å². The van der Waals surface area contributed by atoms with Gasteiger partial charge in [0.1, 0.15) is 18.1 Å². The molecule has 3 aromatic rings. The Morgan fingerprint density at radius 1 is 1.11 bits per heavy atom. The Bertz CT molecular complexity index is 1220. The highest BCUT2D eigenvalue weighted by atomic mass is 19.4. The lowest BCUT2D eigenvalue weighted by Gasteiger charge is -2.10. The molecule has 1 heterocycles. The van der Waals surface area contributed by atoms with Crippen LogP contribution in [-0.2, 0) is 27.5 Å². The maximum atomic E-state index is 14.5. The van der Waals surface area contributed by atoms with Crippen molar-refractivity contribution in [2.24, 2.45) is 0 Å². The third kappa shape index (κ3) is 7.04. The summed E-state index contributed by atoms with van der Waals surface area (Å²) in [4.78, 5) is 11.1. The van der Waals surface area contributed by atoms with E-state index < -0.39 is 29.7 Å². The molecule has 12 heteroatoms. The van der Waals surface area contributed by atoms with Gasteiger partial charge in [0.05, 0.1) is 19.3 Å². The quantitative estimate of drug-likeness (QED) is 0.188. The van der Waals surface area contributed by atoms with Crippen LogP contribution in [0.4, 0.5) is 22.0 Å². The molecule has 0 saturated heterocycles. The van der Waals surface area contributed by atoms with Crippen molar-refractivity contribution in [2.75, 3.05) is 13.7 Å². The summed E-state index contributed by atoms with van der Waals surface area (Å²) in [6.07, 6.45) is -4.01. The Kier molecular flexibility index (Phi) is 8.64. The molecule has 3 rings (SSSR count). The maximum Gasteiger partial charge on any atom is 0.573 e. The Balaban J connectivity index is 1.78. The third-order valence-corrected chi connectivity index (χ3v) is 4.66. The van der Waals surface area contributed by atoms with Crippen LogP contribution in [0.1, 0.15) is 23.7 Å². The summed E-state index contributed by atoms with van der Waals surface area (Å²) in [5, 5.41) is 3.93. The highest BCUT2D eigenvalue weighted by Crippen LogP contribution is 2.31. The molecule has 7 nitrogen and oxygen atoms in total. The molecule has 0 amide bonds. The van der Waals surface area contributed by atoms with E-state index in [1.807, 2.05) is 0 Å². The van der Waals surface area contributed by atoms with Crippen molar-refractivity contribution in [1.29, 1.82) is 0 Å². The van der Waals surface area contributed by atoms with Crippen LogP contribution in [0.15, 0.2) is 52.8 Å². The van der Waals surface area contributed by atoms with Gasteiger partial charge in [-0.2, -0.15) is 4.39 Å². The van der Waals surface area contributed by atoms with Crippen molar-refractivity contribution >= 4 is 12.0 Å². The molecule has 192 valence electrons. The lowest BCUT2D eigenvalue weighted by Crippen LogP contribution is -2.16. The van der Waals surface area contributed by atoms with Crippen LogP contribution >= 0.6 is 0 Å². The van der Waals surface area contributed by atoms with Gasteiger partial charge in [-0.1, -0.05) is 11.2 Å². The third-order valence-electron chi connectivity index (χ3n) is 4.66. The minimum absolute atomic E-state index is 0.0495. The van der Waals surface area contributed by atoms with Gasteiger partial charge in [0.25, 0.3) is 0 Å². The lowest BCUT2D eigenvalue weighted by molar-refractivity contribution is -0.274. The topological polar surface area (TPSA) is 80.0 Å². The second-order valence-electron chi connectivity index (χ2n) is 7.11. The Morgan fingerprint density at radius 3 is 2.44 bits per heavy atom. The summed E-state index contributed by atoms with van der Waals surface area (Å²) in [7, 11) is 1.01. The molecule has 0 aliphatic carbocycles. The summed E-state index contributed by atoms with van der Waals surface area (Å²) in [5.41, 5.74) is 1.21. The number of hydrogen-bond acceptors (Lipinski definition) is 7. The highest BCUT2D eigenvalue weighted by Gasteiger charge is 2.31. The summed E-state index contributed by atoms with van der Waals surface area (Å²) in [6.45, 7) is 1.94. The molecule has 0 saturated carbocycles. The fourth-order valence-electron chi connectivity index (χ4n) is 3.02. The molecule has 36 heavy (non-hydrogen) atoms. The molecular weight excluding hydrogens is 493 g/mol. The molecule has 0 atom stereocenters. The number of methoxy groups -OCH3 is 1. The number of rotatable bonds is 10. The highest BCUT2D eigenvalue weighted by molar-refractivity contribution is 5.91. The van der Waals surface area contributed by atoms with Crippen molar-refractivity contribution in [3.63, 3.8) is 0 Å². The van der Waals surface area contributed by atoms with Gasteiger partial charge in [0, 0.05) is 12.2 Å². The summed E-state index contributed by atoms with van der Waals surface area (Å²) in [5.74, 6) is -3.55. The standard InChI is InChI=1S/C24H20F5NO6/c1-3-33-12-17-20(30-36-22(17)15-5-7-16(8-6-15)35-24(27,28)29)13-34-21-9-4-14(10-18(21)25)11-19(26)23(31)32-2/h4-11H,3,12-13H2,1-2H3/b19-11-. The van der Waals surface area contributed by atoms with Gasteiger partial charge in [-0.25, -0.2) is 9.18 Å². The van der Waals surface area contributed by atoms with Gasteiger partial charge in [-0.3, -0.25) is 0 Å². The van der Waals surface area contributed by atoms with Crippen molar-refractivity contribution < 1.29 is 50.2 Å². The first-order chi connectivity index (χ1) is 17.1. The van der Waals surface area contributed by atoms with E-state index >= 15 is 0 Å². The number of esters is 1. The first-order valence-electron chi connectivity index (χ1n) is 10.4. The van der Waals surface area contributed by atoms with Gasteiger partial charge >= 0.3 is 12.3 Å². The van der Waals surface area contributed by atoms with E-state index in [4.69, 9.17) is 14.0 Å².